The standard InChI is InChI=1S/C4H5F6NO2P/c5-3(6,7)1-12-14(11)13-2-4(8,9)10/h11H,1-2H2/q+1. The number of nitrogens with one attached hydrogen (secondary N) is 1. The van der Waals surface area contributed by atoms with Crippen molar-refractivity contribution in [3.63, 3.8) is 0 Å². The van der Waals surface area contributed by atoms with Gasteiger partial charge < -0.3 is 0 Å². The van der Waals surface area contributed by atoms with Crippen molar-refractivity contribution in [3.05, 3.63) is 0 Å². The van der Waals surface area contributed by atoms with Crippen LogP contribution in [0.5, 0.6) is 0 Å². The molecule has 0 saturated heterocycles. The van der Waals surface area contributed by atoms with Crippen LogP contribution in [0.4, 0.5) is 26.3 Å². The number of halogens is 6. The van der Waals surface area contributed by atoms with E-state index >= 15 is 0 Å². The first-order chi connectivity index (χ1) is 6.10. The van der Waals surface area contributed by atoms with Gasteiger partial charge in [-0.15, -0.1) is 9.05 Å². The molecule has 0 unspecified atom stereocenters. The average Bonchev–Trinajstić information content (AvgIpc) is 1.94. The van der Waals surface area contributed by atoms with E-state index in [1.807, 2.05) is 0 Å². The minimum Gasteiger partial charge on any atom is -0.168 e. The highest BCUT2D eigenvalue weighted by atomic mass is 31.1. The summed E-state index contributed by atoms with van der Waals surface area (Å²) in [5.41, 5.74) is 0. The van der Waals surface area contributed by atoms with Crippen LogP contribution in [0.25, 0.3) is 0 Å². The van der Waals surface area contributed by atoms with E-state index < -0.39 is 33.7 Å². The van der Waals surface area contributed by atoms with Crippen molar-refractivity contribution in [3.8, 4) is 0 Å². The minimum atomic E-state index is -4.68. The maximum absolute atomic E-state index is 11.4. The number of alkyl halides is 6. The van der Waals surface area contributed by atoms with E-state index in [2.05, 4.69) is 9.05 Å². The SMILES string of the molecule is N=[P+](OCC(F)(F)F)OCC(F)(F)F. The molecule has 0 amide bonds. The van der Waals surface area contributed by atoms with Crippen molar-refractivity contribution in [2.75, 3.05) is 13.2 Å². The highest BCUT2D eigenvalue weighted by Gasteiger charge is 2.36. The number of rotatable bonds is 4. The van der Waals surface area contributed by atoms with Crippen LogP contribution in [0, 0.1) is 5.16 Å². The Bertz CT molecular complexity index is 181. The summed E-state index contributed by atoms with van der Waals surface area (Å²) in [7, 11) is -2.90. The molecule has 0 aromatic carbocycles. The molecule has 0 aromatic heterocycles. The van der Waals surface area contributed by atoms with E-state index in [1.54, 1.807) is 0 Å². The fourth-order valence-corrected chi connectivity index (χ4v) is 0.903. The van der Waals surface area contributed by atoms with Gasteiger partial charge in [0.05, 0.1) is 0 Å². The molecule has 0 aliphatic heterocycles. The summed E-state index contributed by atoms with van der Waals surface area (Å²) < 4.78 is 75.9. The number of hydrogen-bond donors (Lipinski definition) is 1. The Hall–Kier alpha value is -0.400. The maximum Gasteiger partial charge on any atom is 0.557 e. The fourth-order valence-electron chi connectivity index (χ4n) is 0.301. The van der Waals surface area contributed by atoms with E-state index in [1.165, 1.54) is 0 Å². The first-order valence-electron chi connectivity index (χ1n) is 3.01. The molecule has 0 bridgehead atoms. The van der Waals surface area contributed by atoms with E-state index in [0.29, 0.717) is 0 Å². The van der Waals surface area contributed by atoms with Crippen molar-refractivity contribution >= 4 is 8.17 Å². The lowest BCUT2D eigenvalue weighted by molar-refractivity contribution is -0.161. The Morgan fingerprint density at radius 2 is 1.14 bits per heavy atom. The van der Waals surface area contributed by atoms with Crippen LogP contribution in [0.2, 0.25) is 0 Å². The normalized spacial score (nSPS) is 13.0. The molecular formula is C4H5F6NO2P+. The monoisotopic (exact) mass is 244 g/mol. The second kappa shape index (κ2) is 4.90. The molecule has 10 heteroatoms. The molecule has 0 saturated carbocycles. The molecule has 0 spiro atoms. The zero-order chi connectivity index (χ0) is 11.4. The van der Waals surface area contributed by atoms with Crippen LogP contribution in [-0.2, 0) is 9.05 Å². The summed E-state index contributed by atoms with van der Waals surface area (Å²) in [6.07, 6.45) is -9.35. The number of hydrogen-bond acceptors (Lipinski definition) is 3. The van der Waals surface area contributed by atoms with Gasteiger partial charge in [0.15, 0.2) is 13.2 Å². The third-order valence-corrected chi connectivity index (χ3v) is 1.42. The van der Waals surface area contributed by atoms with Crippen LogP contribution in [0.1, 0.15) is 0 Å². The molecule has 3 nitrogen and oxygen atoms in total. The largest absolute Gasteiger partial charge is 0.557 e. The molecule has 1 N–H and O–H groups in total. The smallest absolute Gasteiger partial charge is 0.168 e. The zero-order valence-corrected chi connectivity index (χ0v) is 7.34. The lowest BCUT2D eigenvalue weighted by Crippen LogP contribution is -2.17. The second-order valence-corrected chi connectivity index (χ2v) is 3.06. The van der Waals surface area contributed by atoms with Gasteiger partial charge in [0.2, 0.25) is 0 Å². The molecule has 0 heterocycles. The molecule has 0 atom stereocenters. The summed E-state index contributed by atoms with van der Waals surface area (Å²) in [6.45, 7) is -3.58. The molecule has 14 heavy (non-hydrogen) atoms. The van der Waals surface area contributed by atoms with Crippen molar-refractivity contribution in [2.45, 2.75) is 12.4 Å². The van der Waals surface area contributed by atoms with E-state index in [0.717, 1.165) is 0 Å². The van der Waals surface area contributed by atoms with Crippen LogP contribution >= 0.6 is 8.17 Å². The van der Waals surface area contributed by atoms with Crippen molar-refractivity contribution in [1.29, 1.82) is 5.16 Å². The molecule has 0 rings (SSSR count). The van der Waals surface area contributed by atoms with Crippen molar-refractivity contribution in [1.82, 2.24) is 0 Å². The Balaban J connectivity index is 3.68. The summed E-state index contributed by atoms with van der Waals surface area (Å²) in [4.78, 5) is 0. The highest BCUT2D eigenvalue weighted by molar-refractivity contribution is 7.34. The molecule has 0 fully saturated rings. The van der Waals surface area contributed by atoms with Crippen molar-refractivity contribution < 1.29 is 35.4 Å². The molecule has 84 valence electrons. The first-order valence-corrected chi connectivity index (χ1v) is 4.18. The zero-order valence-electron chi connectivity index (χ0n) is 6.45. The lowest BCUT2D eigenvalue weighted by Gasteiger charge is -2.01. The predicted octanol–water partition coefficient (Wildman–Crippen LogP) is 3.22. The van der Waals surface area contributed by atoms with Crippen LogP contribution in [0.3, 0.4) is 0 Å². The van der Waals surface area contributed by atoms with Gasteiger partial charge in [-0.05, 0) is 0 Å². The minimum absolute atomic E-state index is 1.79. The highest BCUT2D eigenvalue weighted by Crippen LogP contribution is 2.31. The second-order valence-electron chi connectivity index (χ2n) is 2.03. The lowest BCUT2D eigenvalue weighted by atomic mass is 10.7. The quantitative estimate of drug-likeness (QED) is 0.609. The topological polar surface area (TPSA) is 42.3 Å². The van der Waals surface area contributed by atoms with Crippen LogP contribution < -0.4 is 0 Å². The third kappa shape index (κ3) is 9.69. The predicted molar refractivity (Wildman–Crippen MR) is 33.7 cm³/mol. The van der Waals surface area contributed by atoms with Gasteiger partial charge in [-0.2, -0.15) is 26.3 Å². The molecular weight excluding hydrogens is 239 g/mol. The van der Waals surface area contributed by atoms with Crippen LogP contribution in [0.15, 0.2) is 0 Å². The van der Waals surface area contributed by atoms with E-state index in [4.69, 9.17) is 5.16 Å². The maximum atomic E-state index is 11.4. The van der Waals surface area contributed by atoms with Crippen LogP contribution in [-0.4, -0.2) is 25.6 Å². The summed E-state index contributed by atoms with van der Waals surface area (Å²) in [5, 5.41) is 6.55. The van der Waals surface area contributed by atoms with Gasteiger partial charge in [0.25, 0.3) is 0 Å². The molecule has 0 aromatic rings. The first kappa shape index (κ1) is 13.6. The van der Waals surface area contributed by atoms with E-state index in [9.17, 15) is 26.3 Å². The summed E-state index contributed by atoms with van der Waals surface area (Å²) >= 11 is 0. The van der Waals surface area contributed by atoms with Crippen molar-refractivity contribution in [2.24, 2.45) is 0 Å². The fraction of sp³-hybridized carbons (Fsp3) is 1.00. The van der Waals surface area contributed by atoms with Gasteiger partial charge in [-0.25, -0.2) is 0 Å². The average molecular weight is 244 g/mol. The molecule has 0 aliphatic carbocycles. The Kier molecular flexibility index (Phi) is 4.76. The van der Waals surface area contributed by atoms with E-state index in [-0.39, 0.29) is 0 Å². The van der Waals surface area contributed by atoms with Gasteiger partial charge in [-0.1, -0.05) is 5.16 Å². The van der Waals surface area contributed by atoms with Gasteiger partial charge in [0.1, 0.15) is 0 Å². The van der Waals surface area contributed by atoms with Gasteiger partial charge >= 0.3 is 20.5 Å². The summed E-state index contributed by atoms with van der Waals surface area (Å²) in [5.74, 6) is 0. The Morgan fingerprint density at radius 1 is 0.857 bits per heavy atom. The Morgan fingerprint density at radius 3 is 1.36 bits per heavy atom. The Labute approximate surface area is 75.4 Å². The molecule has 0 radical (unpaired) electrons. The molecule has 0 aliphatic rings. The third-order valence-electron chi connectivity index (χ3n) is 0.691. The summed E-state index contributed by atoms with van der Waals surface area (Å²) in [6, 6.07) is 0. The van der Waals surface area contributed by atoms with Gasteiger partial charge in [-0.3, -0.25) is 0 Å². The van der Waals surface area contributed by atoms with Gasteiger partial charge in [0, 0.05) is 0 Å².